The van der Waals surface area contributed by atoms with Gasteiger partial charge in [-0.15, -0.1) is 0 Å². The fourth-order valence-electron chi connectivity index (χ4n) is 1.48. The Kier molecular flexibility index (Phi) is 1.78. The van der Waals surface area contributed by atoms with E-state index in [9.17, 15) is 0 Å². The number of hydrogen-bond donors (Lipinski definition) is 1. The lowest BCUT2D eigenvalue weighted by Crippen LogP contribution is -2.55. The minimum Gasteiger partial charge on any atom is -0.327 e. The van der Waals surface area contributed by atoms with Crippen LogP contribution >= 0.6 is 0 Å². The van der Waals surface area contributed by atoms with E-state index in [1.54, 1.807) is 0 Å². The highest BCUT2D eigenvalue weighted by atomic mass is 15.1. The number of nitrogens with two attached hydrogens (primary N) is 1. The fourth-order valence-corrected chi connectivity index (χ4v) is 1.48. The molecule has 0 spiro atoms. The molecule has 0 aromatic rings. The molecule has 3 atom stereocenters. The predicted octanol–water partition coefficient (Wildman–Crippen LogP) is 0.284. The monoisotopic (exact) mass is 128 g/mol. The number of nitrogens with zero attached hydrogens (tertiary/aromatic N) is 1. The second kappa shape index (κ2) is 2.27. The molecule has 0 aliphatic heterocycles. The van der Waals surface area contributed by atoms with E-state index in [2.05, 4.69) is 25.9 Å². The van der Waals surface area contributed by atoms with Gasteiger partial charge >= 0.3 is 0 Å². The van der Waals surface area contributed by atoms with Gasteiger partial charge in [-0.1, -0.05) is 6.92 Å². The summed E-state index contributed by atoms with van der Waals surface area (Å²) >= 11 is 0. The van der Waals surface area contributed by atoms with Crippen molar-refractivity contribution in [2.24, 2.45) is 11.7 Å². The van der Waals surface area contributed by atoms with Crippen molar-refractivity contribution in [3.8, 4) is 0 Å². The zero-order chi connectivity index (χ0) is 7.02. The second-order valence-electron chi connectivity index (χ2n) is 3.29. The van der Waals surface area contributed by atoms with Gasteiger partial charge in [0, 0.05) is 12.1 Å². The SMILES string of the molecule is CC1C(N)CC1N(C)C. The normalized spacial score (nSPS) is 43.0. The van der Waals surface area contributed by atoms with Gasteiger partial charge < -0.3 is 10.6 Å². The quantitative estimate of drug-likeness (QED) is 0.549. The van der Waals surface area contributed by atoms with E-state index in [4.69, 9.17) is 5.73 Å². The summed E-state index contributed by atoms with van der Waals surface area (Å²) in [5, 5.41) is 0. The van der Waals surface area contributed by atoms with Gasteiger partial charge in [-0.3, -0.25) is 0 Å². The van der Waals surface area contributed by atoms with Gasteiger partial charge in [0.2, 0.25) is 0 Å². The molecule has 2 heteroatoms. The van der Waals surface area contributed by atoms with Crippen molar-refractivity contribution in [2.75, 3.05) is 14.1 Å². The molecule has 0 radical (unpaired) electrons. The van der Waals surface area contributed by atoms with Crippen LogP contribution in [0.15, 0.2) is 0 Å². The van der Waals surface area contributed by atoms with Crippen molar-refractivity contribution in [1.29, 1.82) is 0 Å². The molecule has 1 saturated carbocycles. The molecule has 0 saturated heterocycles. The van der Waals surface area contributed by atoms with Gasteiger partial charge in [0.1, 0.15) is 0 Å². The third kappa shape index (κ3) is 1.10. The lowest BCUT2D eigenvalue weighted by atomic mass is 9.76. The van der Waals surface area contributed by atoms with Crippen LogP contribution in [0.2, 0.25) is 0 Å². The van der Waals surface area contributed by atoms with Crippen LogP contribution in [-0.2, 0) is 0 Å². The van der Waals surface area contributed by atoms with E-state index >= 15 is 0 Å². The van der Waals surface area contributed by atoms with Crippen LogP contribution in [-0.4, -0.2) is 31.1 Å². The molecule has 0 aromatic heterocycles. The summed E-state index contributed by atoms with van der Waals surface area (Å²) in [7, 11) is 4.24. The molecule has 54 valence electrons. The topological polar surface area (TPSA) is 29.3 Å². The summed E-state index contributed by atoms with van der Waals surface area (Å²) in [6.07, 6.45) is 1.17. The van der Waals surface area contributed by atoms with Crippen molar-refractivity contribution in [3.63, 3.8) is 0 Å². The third-order valence-electron chi connectivity index (χ3n) is 2.46. The van der Waals surface area contributed by atoms with E-state index in [0.29, 0.717) is 12.0 Å². The first-order valence-electron chi connectivity index (χ1n) is 3.55. The van der Waals surface area contributed by atoms with Crippen molar-refractivity contribution in [3.05, 3.63) is 0 Å². The summed E-state index contributed by atoms with van der Waals surface area (Å²) < 4.78 is 0. The maximum atomic E-state index is 5.72. The summed E-state index contributed by atoms with van der Waals surface area (Å²) in [6.45, 7) is 2.22. The van der Waals surface area contributed by atoms with E-state index < -0.39 is 0 Å². The fraction of sp³-hybridized carbons (Fsp3) is 1.00. The highest BCUT2D eigenvalue weighted by Crippen LogP contribution is 2.28. The molecule has 1 rings (SSSR count). The molecule has 3 unspecified atom stereocenters. The number of rotatable bonds is 1. The molecular formula is C7H16N2. The van der Waals surface area contributed by atoms with Gasteiger partial charge in [0.05, 0.1) is 0 Å². The van der Waals surface area contributed by atoms with Gasteiger partial charge in [0.25, 0.3) is 0 Å². The molecule has 9 heavy (non-hydrogen) atoms. The van der Waals surface area contributed by atoms with E-state index in [1.807, 2.05) is 0 Å². The Hall–Kier alpha value is -0.0800. The Morgan fingerprint density at radius 2 is 2.00 bits per heavy atom. The summed E-state index contributed by atoms with van der Waals surface area (Å²) in [6, 6.07) is 1.19. The molecule has 0 amide bonds. The molecule has 1 aliphatic rings. The van der Waals surface area contributed by atoms with Crippen LogP contribution < -0.4 is 5.73 Å². The van der Waals surface area contributed by atoms with E-state index in [-0.39, 0.29) is 0 Å². The van der Waals surface area contributed by atoms with Crippen LogP contribution in [0, 0.1) is 5.92 Å². The second-order valence-corrected chi connectivity index (χ2v) is 3.29. The number of hydrogen-bond acceptors (Lipinski definition) is 2. The smallest absolute Gasteiger partial charge is 0.0144 e. The first kappa shape index (κ1) is 7.03. The molecule has 0 aromatic carbocycles. The lowest BCUT2D eigenvalue weighted by Gasteiger charge is -2.44. The average molecular weight is 128 g/mol. The first-order chi connectivity index (χ1) is 4.13. The van der Waals surface area contributed by atoms with Gasteiger partial charge in [-0.2, -0.15) is 0 Å². The summed E-state index contributed by atoms with van der Waals surface area (Å²) in [5.74, 6) is 0.694. The zero-order valence-electron chi connectivity index (χ0n) is 6.46. The first-order valence-corrected chi connectivity index (χ1v) is 3.55. The van der Waals surface area contributed by atoms with Crippen molar-refractivity contribution in [2.45, 2.75) is 25.4 Å². The van der Waals surface area contributed by atoms with Crippen molar-refractivity contribution >= 4 is 0 Å². The van der Waals surface area contributed by atoms with Crippen LogP contribution in [0.5, 0.6) is 0 Å². The van der Waals surface area contributed by atoms with Gasteiger partial charge in [-0.25, -0.2) is 0 Å². The van der Waals surface area contributed by atoms with Crippen LogP contribution in [0.25, 0.3) is 0 Å². The molecule has 0 bridgehead atoms. The Bertz CT molecular complexity index is 101. The maximum absolute atomic E-state index is 5.72. The van der Waals surface area contributed by atoms with Gasteiger partial charge in [-0.05, 0) is 26.4 Å². The predicted molar refractivity (Wildman–Crippen MR) is 39.2 cm³/mol. The Labute approximate surface area is 57.0 Å². The highest BCUT2D eigenvalue weighted by Gasteiger charge is 2.35. The maximum Gasteiger partial charge on any atom is 0.0144 e. The Balaban J connectivity index is 2.33. The van der Waals surface area contributed by atoms with Crippen LogP contribution in [0.4, 0.5) is 0 Å². The molecule has 1 fully saturated rings. The van der Waals surface area contributed by atoms with Crippen molar-refractivity contribution in [1.82, 2.24) is 4.90 Å². The highest BCUT2D eigenvalue weighted by molar-refractivity contribution is 4.94. The summed E-state index contributed by atoms with van der Waals surface area (Å²) in [5.41, 5.74) is 5.72. The van der Waals surface area contributed by atoms with Gasteiger partial charge in [0.15, 0.2) is 0 Å². The summed E-state index contributed by atoms with van der Waals surface area (Å²) in [4.78, 5) is 2.26. The van der Waals surface area contributed by atoms with Crippen LogP contribution in [0.3, 0.4) is 0 Å². The van der Waals surface area contributed by atoms with E-state index in [0.717, 1.165) is 6.04 Å². The molecule has 0 heterocycles. The van der Waals surface area contributed by atoms with Crippen molar-refractivity contribution < 1.29 is 0 Å². The lowest BCUT2D eigenvalue weighted by molar-refractivity contribution is 0.0932. The standard InChI is InChI=1S/C7H16N2/c1-5-6(8)4-7(5)9(2)3/h5-7H,4,8H2,1-3H3. The largest absolute Gasteiger partial charge is 0.327 e. The minimum atomic E-state index is 0.456. The molecular weight excluding hydrogens is 112 g/mol. The molecule has 1 aliphatic carbocycles. The third-order valence-corrected chi connectivity index (χ3v) is 2.46. The molecule has 2 N–H and O–H groups in total. The minimum absolute atomic E-state index is 0.456. The average Bonchev–Trinajstić information content (AvgIpc) is 1.81. The zero-order valence-corrected chi connectivity index (χ0v) is 6.46. The molecule has 2 nitrogen and oxygen atoms in total. The Morgan fingerprint density at radius 3 is 2.11 bits per heavy atom. The van der Waals surface area contributed by atoms with Crippen LogP contribution in [0.1, 0.15) is 13.3 Å². The Morgan fingerprint density at radius 1 is 1.44 bits per heavy atom. The van der Waals surface area contributed by atoms with E-state index in [1.165, 1.54) is 6.42 Å².